The number of aliphatic hydroxyl groups excluding tert-OH is 1. The Morgan fingerprint density at radius 3 is 2.27 bits per heavy atom. The molecule has 0 aromatic rings. The highest BCUT2D eigenvalue weighted by atomic mass is 16.6. The maximum absolute atomic E-state index is 13.0. The van der Waals surface area contributed by atoms with Gasteiger partial charge >= 0.3 is 5.97 Å². The number of carbonyl (C=O) groups is 3. The number of carbonyl (C=O) groups excluding carboxylic acids is 3. The van der Waals surface area contributed by atoms with Gasteiger partial charge in [-0.15, -0.1) is 0 Å². The lowest BCUT2D eigenvalue weighted by atomic mass is 9.80. The molecule has 0 radical (unpaired) electrons. The second kappa shape index (κ2) is 16.2. The molecule has 1 heterocycles. The van der Waals surface area contributed by atoms with Gasteiger partial charge in [0.25, 0.3) is 0 Å². The minimum absolute atomic E-state index is 0.175. The minimum atomic E-state index is -1.87. The molecule has 0 saturated heterocycles. The summed E-state index contributed by atoms with van der Waals surface area (Å²) < 4.78 is 10.9. The third kappa shape index (κ3) is 10.3. The largest absolute Gasteiger partial charge is 0.468 e. The number of ether oxygens (including phenoxy) is 2. The molecule has 0 aromatic heterocycles. The summed E-state index contributed by atoms with van der Waals surface area (Å²) in [4.78, 5) is 38.1. The van der Waals surface area contributed by atoms with E-state index in [1.807, 2.05) is 0 Å². The van der Waals surface area contributed by atoms with Gasteiger partial charge in [-0.2, -0.15) is 0 Å². The van der Waals surface area contributed by atoms with Crippen molar-refractivity contribution >= 4 is 17.5 Å². The molecule has 0 spiro atoms. The van der Waals surface area contributed by atoms with Crippen LogP contribution in [0.15, 0.2) is 59.6 Å². The fourth-order valence-electron chi connectivity index (χ4n) is 4.31. The third-order valence-corrected chi connectivity index (χ3v) is 6.56. The van der Waals surface area contributed by atoms with Gasteiger partial charge in [-0.05, 0) is 63.7 Å². The van der Waals surface area contributed by atoms with E-state index in [2.05, 4.69) is 31.2 Å². The van der Waals surface area contributed by atoms with Gasteiger partial charge in [-0.25, -0.2) is 0 Å². The molecular weight excluding hydrogens is 468 g/mol. The highest BCUT2D eigenvalue weighted by Gasteiger charge is 2.49. The van der Waals surface area contributed by atoms with E-state index in [4.69, 9.17) is 9.47 Å². The van der Waals surface area contributed by atoms with Crippen LogP contribution in [0.3, 0.4) is 0 Å². The zero-order chi connectivity index (χ0) is 27.1. The summed E-state index contributed by atoms with van der Waals surface area (Å²) >= 11 is 0. The Bertz CT molecular complexity index is 933. The molecule has 2 atom stereocenters. The van der Waals surface area contributed by atoms with Crippen LogP contribution in [0, 0.1) is 0 Å². The van der Waals surface area contributed by atoms with Crippen LogP contribution in [0.1, 0.15) is 104 Å². The lowest BCUT2D eigenvalue weighted by molar-refractivity contribution is -0.169. The predicted molar refractivity (Wildman–Crippen MR) is 146 cm³/mol. The van der Waals surface area contributed by atoms with E-state index in [9.17, 15) is 19.5 Å². The van der Waals surface area contributed by atoms with E-state index in [0.717, 1.165) is 44.9 Å². The van der Waals surface area contributed by atoms with Gasteiger partial charge in [0.1, 0.15) is 12.0 Å². The Hall–Kier alpha value is -2.73. The van der Waals surface area contributed by atoms with Crippen LogP contribution in [0.2, 0.25) is 0 Å². The number of Topliss-reactive ketones (excluding diaryl/α,β-unsaturated/α-hetero) is 1. The summed E-state index contributed by atoms with van der Waals surface area (Å²) in [5.41, 5.74) is -1.26. The monoisotopic (exact) mass is 512 g/mol. The van der Waals surface area contributed by atoms with Gasteiger partial charge in [0, 0.05) is 12.8 Å². The average molecular weight is 513 g/mol. The fraction of sp³-hybridized carbons (Fsp3) is 0.581. The first-order valence-electron chi connectivity index (χ1n) is 13.9. The molecule has 1 aliphatic carbocycles. The van der Waals surface area contributed by atoms with Crippen LogP contribution in [0.5, 0.6) is 0 Å². The van der Waals surface area contributed by atoms with E-state index in [1.165, 1.54) is 38.5 Å². The number of unbranched alkanes of at least 4 members (excludes halogenated alkanes) is 9. The zero-order valence-corrected chi connectivity index (χ0v) is 22.8. The van der Waals surface area contributed by atoms with Crippen LogP contribution in [-0.4, -0.2) is 34.3 Å². The molecule has 0 bridgehead atoms. The quantitative estimate of drug-likeness (QED) is 0.100. The molecule has 204 valence electrons. The van der Waals surface area contributed by atoms with E-state index >= 15 is 0 Å². The molecule has 1 N–H and O–H groups in total. The van der Waals surface area contributed by atoms with Gasteiger partial charge in [0.05, 0.1) is 11.7 Å². The van der Waals surface area contributed by atoms with E-state index in [0.29, 0.717) is 17.8 Å². The summed E-state index contributed by atoms with van der Waals surface area (Å²) in [5.74, 6) is -1.23. The first-order valence-corrected chi connectivity index (χ1v) is 13.9. The smallest absolute Gasteiger partial charge is 0.307 e. The van der Waals surface area contributed by atoms with E-state index < -0.39 is 29.2 Å². The topological polar surface area (TPSA) is 89.9 Å². The SMILES string of the molecule is CCCCC/C=C/C=C/CCCCCCCCC(=O)O[C@]1(C)C(=O)C=C2C=C(C[C@H](C)O)OC=C2C1=O. The zero-order valence-electron chi connectivity index (χ0n) is 22.8. The molecule has 0 amide bonds. The Morgan fingerprint density at radius 2 is 1.62 bits per heavy atom. The van der Waals surface area contributed by atoms with Crippen LogP contribution in [0.25, 0.3) is 0 Å². The maximum atomic E-state index is 13.0. The Morgan fingerprint density at radius 1 is 1.00 bits per heavy atom. The van der Waals surface area contributed by atoms with Gasteiger partial charge in [0.2, 0.25) is 17.2 Å². The van der Waals surface area contributed by atoms with Gasteiger partial charge in [-0.1, -0.05) is 69.8 Å². The molecule has 0 fully saturated rings. The van der Waals surface area contributed by atoms with E-state index in [-0.39, 0.29) is 18.4 Å². The number of esters is 1. The van der Waals surface area contributed by atoms with Gasteiger partial charge in [-0.3, -0.25) is 14.4 Å². The lowest BCUT2D eigenvalue weighted by Crippen LogP contribution is -2.50. The molecule has 2 aliphatic rings. The minimum Gasteiger partial charge on any atom is -0.468 e. The van der Waals surface area contributed by atoms with Crippen LogP contribution >= 0.6 is 0 Å². The Balaban J connectivity index is 1.64. The summed E-state index contributed by atoms with van der Waals surface area (Å²) in [7, 11) is 0. The summed E-state index contributed by atoms with van der Waals surface area (Å²) in [5, 5.41) is 9.53. The average Bonchev–Trinajstić information content (AvgIpc) is 2.85. The number of fused-ring (bicyclic) bond motifs is 1. The highest BCUT2D eigenvalue weighted by Crippen LogP contribution is 2.34. The van der Waals surface area contributed by atoms with Crippen molar-refractivity contribution in [2.45, 2.75) is 116 Å². The van der Waals surface area contributed by atoms with Crippen molar-refractivity contribution in [3.63, 3.8) is 0 Å². The molecule has 2 rings (SSSR count). The fourth-order valence-corrected chi connectivity index (χ4v) is 4.31. The first-order chi connectivity index (χ1) is 17.8. The van der Waals surface area contributed by atoms with Gasteiger partial charge < -0.3 is 14.6 Å². The van der Waals surface area contributed by atoms with Crippen molar-refractivity contribution < 1.29 is 29.0 Å². The number of ketones is 2. The molecule has 1 aliphatic heterocycles. The number of allylic oxidation sites excluding steroid dienone is 6. The standard InChI is InChI=1S/C31H44O6/c1-4-5-6-7-8-9-10-11-12-13-14-15-16-17-18-19-29(34)37-31(3)28(33)22-25-21-26(20-24(2)32)36-23-27(25)30(31)35/h8-11,21-24,32H,4-7,12-20H2,1-3H3/b9-8+,11-10+/t24-,31+/m0/s1. The second-order valence-corrected chi connectivity index (χ2v) is 10.1. The molecule has 37 heavy (non-hydrogen) atoms. The lowest BCUT2D eigenvalue weighted by Gasteiger charge is -2.31. The van der Waals surface area contributed by atoms with Crippen LogP contribution in [0.4, 0.5) is 0 Å². The molecule has 0 unspecified atom stereocenters. The molecule has 6 heteroatoms. The first kappa shape index (κ1) is 30.5. The van der Waals surface area contributed by atoms with Crippen molar-refractivity contribution in [2.24, 2.45) is 0 Å². The molecule has 6 nitrogen and oxygen atoms in total. The van der Waals surface area contributed by atoms with Crippen molar-refractivity contribution in [3.8, 4) is 0 Å². The Kier molecular flexibility index (Phi) is 13.3. The summed E-state index contributed by atoms with van der Waals surface area (Å²) in [6, 6.07) is 0. The number of rotatable bonds is 17. The second-order valence-electron chi connectivity index (χ2n) is 10.1. The van der Waals surface area contributed by atoms with Crippen molar-refractivity contribution in [3.05, 3.63) is 59.6 Å². The Labute approximate surface area is 222 Å². The molecule has 0 aromatic carbocycles. The maximum Gasteiger partial charge on any atom is 0.307 e. The van der Waals surface area contributed by atoms with Crippen molar-refractivity contribution in [1.82, 2.24) is 0 Å². The predicted octanol–water partition coefficient (Wildman–Crippen LogP) is 6.75. The number of hydrogen-bond donors (Lipinski definition) is 1. The number of aliphatic hydroxyl groups is 1. The van der Waals surface area contributed by atoms with Crippen molar-refractivity contribution in [1.29, 1.82) is 0 Å². The number of hydrogen-bond acceptors (Lipinski definition) is 6. The van der Waals surface area contributed by atoms with Crippen molar-refractivity contribution in [2.75, 3.05) is 0 Å². The molecular formula is C31H44O6. The summed E-state index contributed by atoms with van der Waals surface area (Å²) in [6.07, 6.45) is 24.8. The van der Waals surface area contributed by atoms with E-state index in [1.54, 1.807) is 13.0 Å². The van der Waals surface area contributed by atoms with Gasteiger partial charge in [0.15, 0.2) is 0 Å². The highest BCUT2D eigenvalue weighted by molar-refractivity contribution is 6.26. The summed E-state index contributed by atoms with van der Waals surface area (Å²) in [6.45, 7) is 5.18. The third-order valence-electron chi connectivity index (χ3n) is 6.56. The van der Waals surface area contributed by atoms with Crippen LogP contribution in [-0.2, 0) is 23.9 Å². The normalized spacial score (nSPS) is 20.4. The molecule has 0 saturated carbocycles. The van der Waals surface area contributed by atoms with Crippen LogP contribution < -0.4 is 0 Å².